The van der Waals surface area contributed by atoms with Crippen LogP contribution in [0.15, 0.2) is 32.6 Å². The van der Waals surface area contributed by atoms with Crippen molar-refractivity contribution in [3.8, 4) is 0 Å². The molecule has 0 radical (unpaired) electrons. The van der Waals surface area contributed by atoms with Crippen molar-refractivity contribution in [2.45, 2.75) is 32.0 Å². The summed E-state index contributed by atoms with van der Waals surface area (Å²) in [5.74, 6) is 1.33. The summed E-state index contributed by atoms with van der Waals surface area (Å²) in [6.45, 7) is 5.44. The number of hydrogen-bond donors (Lipinski definition) is 2. The third kappa shape index (κ3) is 4.66. The summed E-state index contributed by atoms with van der Waals surface area (Å²) in [7, 11) is -3.72. The average molecular weight is 314 g/mol. The fraction of sp³-hybridized carbons (Fsp3) is 0.500. The fourth-order valence-corrected chi connectivity index (χ4v) is 2.51. The Morgan fingerprint density at radius 1 is 1.29 bits per heavy atom. The molecule has 21 heavy (non-hydrogen) atoms. The Hall–Kier alpha value is -1.71. The lowest BCUT2D eigenvalue weighted by Gasteiger charge is -2.05. The van der Waals surface area contributed by atoms with Gasteiger partial charge in [-0.25, -0.2) is 13.1 Å². The normalized spacial score (nSPS) is 12.1. The molecule has 2 aromatic heterocycles. The molecule has 0 aliphatic rings. The molecule has 0 saturated heterocycles. The maximum Gasteiger partial charge on any atom is 0.274 e. The standard InChI is InChI=1S/C12H18N4O4S/c1-9(2)5-13-6-10-3-4-12(20-10)21(17,18)15-7-11-14-8-19-16-11/h3-4,8-9,13,15H,5-7H2,1-2H3. The third-order valence-electron chi connectivity index (χ3n) is 2.58. The highest BCUT2D eigenvalue weighted by molar-refractivity contribution is 7.89. The van der Waals surface area contributed by atoms with Gasteiger partial charge in [-0.3, -0.25) is 0 Å². The van der Waals surface area contributed by atoms with Crippen LogP contribution in [0.25, 0.3) is 0 Å². The second kappa shape index (κ2) is 6.83. The second-order valence-electron chi connectivity index (χ2n) is 4.92. The summed E-state index contributed by atoms with van der Waals surface area (Å²) < 4.78 is 36.2. The summed E-state index contributed by atoms with van der Waals surface area (Å²) in [4.78, 5) is 3.73. The lowest BCUT2D eigenvalue weighted by molar-refractivity contribution is 0.393. The molecule has 2 aromatic rings. The lowest BCUT2D eigenvalue weighted by Crippen LogP contribution is -2.23. The minimum Gasteiger partial charge on any atom is -0.447 e. The fourth-order valence-electron chi connectivity index (χ4n) is 1.58. The SMILES string of the molecule is CC(C)CNCc1ccc(S(=O)(=O)NCc2ncon2)o1. The second-order valence-corrected chi connectivity index (χ2v) is 6.62. The number of nitrogens with zero attached hydrogens (tertiary/aromatic N) is 2. The van der Waals surface area contributed by atoms with E-state index in [4.69, 9.17) is 4.42 Å². The summed E-state index contributed by atoms with van der Waals surface area (Å²) >= 11 is 0. The van der Waals surface area contributed by atoms with Gasteiger partial charge in [-0.05, 0) is 24.6 Å². The molecule has 0 aliphatic carbocycles. The zero-order chi connectivity index (χ0) is 15.3. The number of aromatic nitrogens is 2. The number of rotatable bonds is 8. The van der Waals surface area contributed by atoms with Crippen LogP contribution in [-0.2, 0) is 23.1 Å². The minimum absolute atomic E-state index is 0.0551. The molecule has 2 rings (SSSR count). The van der Waals surface area contributed by atoms with Gasteiger partial charge in [0.2, 0.25) is 11.5 Å². The van der Waals surface area contributed by atoms with Gasteiger partial charge < -0.3 is 14.3 Å². The highest BCUT2D eigenvalue weighted by Crippen LogP contribution is 2.14. The van der Waals surface area contributed by atoms with E-state index in [-0.39, 0.29) is 17.5 Å². The summed E-state index contributed by atoms with van der Waals surface area (Å²) in [5, 5.41) is 6.57. The van der Waals surface area contributed by atoms with E-state index >= 15 is 0 Å². The lowest BCUT2D eigenvalue weighted by atomic mass is 10.2. The van der Waals surface area contributed by atoms with Crippen molar-refractivity contribution in [2.24, 2.45) is 5.92 Å². The van der Waals surface area contributed by atoms with E-state index in [2.05, 4.69) is 38.6 Å². The van der Waals surface area contributed by atoms with Gasteiger partial charge in [0.05, 0.1) is 13.1 Å². The Bertz CT molecular complexity index is 649. The summed E-state index contributed by atoms with van der Waals surface area (Å²) in [6.07, 6.45) is 1.13. The molecule has 8 nitrogen and oxygen atoms in total. The van der Waals surface area contributed by atoms with Crippen LogP contribution < -0.4 is 10.0 Å². The van der Waals surface area contributed by atoms with Crippen LogP contribution in [0.4, 0.5) is 0 Å². The maximum atomic E-state index is 12.0. The Morgan fingerprint density at radius 2 is 2.10 bits per heavy atom. The first-order valence-electron chi connectivity index (χ1n) is 6.51. The van der Waals surface area contributed by atoms with Crippen molar-refractivity contribution in [3.05, 3.63) is 30.1 Å². The molecule has 2 heterocycles. The van der Waals surface area contributed by atoms with Crippen LogP contribution in [0.5, 0.6) is 0 Å². The topological polar surface area (TPSA) is 110 Å². The third-order valence-corrected chi connectivity index (χ3v) is 3.85. The monoisotopic (exact) mass is 314 g/mol. The zero-order valence-corrected chi connectivity index (χ0v) is 12.7. The largest absolute Gasteiger partial charge is 0.447 e. The van der Waals surface area contributed by atoms with Gasteiger partial charge >= 0.3 is 0 Å². The van der Waals surface area contributed by atoms with E-state index in [1.807, 2.05) is 0 Å². The first kappa shape index (κ1) is 15.7. The van der Waals surface area contributed by atoms with Gasteiger partial charge in [0, 0.05) is 0 Å². The van der Waals surface area contributed by atoms with Crippen LogP contribution >= 0.6 is 0 Å². The maximum absolute atomic E-state index is 12.0. The van der Waals surface area contributed by atoms with Gasteiger partial charge in [0.15, 0.2) is 5.82 Å². The van der Waals surface area contributed by atoms with Crippen molar-refractivity contribution in [1.82, 2.24) is 20.2 Å². The van der Waals surface area contributed by atoms with Gasteiger partial charge in [0.25, 0.3) is 10.0 Å². The number of nitrogens with one attached hydrogen (secondary N) is 2. The molecule has 0 atom stereocenters. The van der Waals surface area contributed by atoms with Crippen LogP contribution in [0, 0.1) is 5.92 Å². The average Bonchev–Trinajstić information content (AvgIpc) is 3.07. The molecule has 0 aliphatic heterocycles. The van der Waals surface area contributed by atoms with Crippen LogP contribution in [-0.4, -0.2) is 25.1 Å². The zero-order valence-electron chi connectivity index (χ0n) is 11.9. The molecule has 0 saturated carbocycles. The van der Waals surface area contributed by atoms with Gasteiger partial charge in [-0.2, -0.15) is 4.98 Å². The van der Waals surface area contributed by atoms with Crippen LogP contribution in [0.1, 0.15) is 25.4 Å². The van der Waals surface area contributed by atoms with Gasteiger partial charge in [-0.1, -0.05) is 19.0 Å². The Balaban J connectivity index is 1.92. The predicted octanol–water partition coefficient (Wildman–Crippen LogP) is 0.887. The highest BCUT2D eigenvalue weighted by Gasteiger charge is 2.19. The first-order valence-corrected chi connectivity index (χ1v) is 8.00. The molecule has 116 valence electrons. The summed E-state index contributed by atoms with van der Waals surface area (Å²) in [5.41, 5.74) is 0. The minimum atomic E-state index is -3.72. The Labute approximate surface area is 123 Å². The van der Waals surface area contributed by atoms with E-state index in [0.29, 0.717) is 18.2 Å². The van der Waals surface area contributed by atoms with E-state index < -0.39 is 10.0 Å². The van der Waals surface area contributed by atoms with Crippen molar-refractivity contribution < 1.29 is 17.4 Å². The number of hydrogen-bond acceptors (Lipinski definition) is 7. The molecule has 0 bridgehead atoms. The molecular weight excluding hydrogens is 296 g/mol. The van der Waals surface area contributed by atoms with Crippen molar-refractivity contribution in [1.29, 1.82) is 0 Å². The van der Waals surface area contributed by atoms with E-state index in [0.717, 1.165) is 12.9 Å². The van der Waals surface area contributed by atoms with Crippen molar-refractivity contribution >= 4 is 10.0 Å². The molecule has 2 N–H and O–H groups in total. The van der Waals surface area contributed by atoms with E-state index in [1.54, 1.807) is 6.07 Å². The molecule has 0 spiro atoms. The van der Waals surface area contributed by atoms with Crippen molar-refractivity contribution in [2.75, 3.05) is 6.54 Å². The van der Waals surface area contributed by atoms with E-state index in [9.17, 15) is 8.42 Å². The van der Waals surface area contributed by atoms with Crippen molar-refractivity contribution in [3.63, 3.8) is 0 Å². The first-order chi connectivity index (χ1) is 9.97. The Morgan fingerprint density at radius 3 is 2.76 bits per heavy atom. The quantitative estimate of drug-likeness (QED) is 0.744. The van der Waals surface area contributed by atoms with Crippen LogP contribution in [0.2, 0.25) is 0 Å². The highest BCUT2D eigenvalue weighted by atomic mass is 32.2. The smallest absolute Gasteiger partial charge is 0.274 e. The van der Waals surface area contributed by atoms with Gasteiger partial charge in [-0.15, -0.1) is 0 Å². The van der Waals surface area contributed by atoms with Crippen LogP contribution in [0.3, 0.4) is 0 Å². The molecule has 0 amide bonds. The molecule has 0 fully saturated rings. The number of sulfonamides is 1. The molecular formula is C12H18N4O4S. The van der Waals surface area contributed by atoms with E-state index in [1.165, 1.54) is 6.07 Å². The summed E-state index contributed by atoms with van der Waals surface area (Å²) in [6, 6.07) is 3.06. The van der Waals surface area contributed by atoms with Gasteiger partial charge in [0.1, 0.15) is 5.76 Å². The molecule has 0 aromatic carbocycles. The Kier molecular flexibility index (Phi) is 5.10. The molecule has 9 heteroatoms. The molecule has 0 unspecified atom stereocenters. The number of furan rings is 1. The predicted molar refractivity (Wildman–Crippen MR) is 73.6 cm³/mol.